The Labute approximate surface area is 153 Å². The highest BCUT2D eigenvalue weighted by molar-refractivity contribution is 6.11. The third-order valence-corrected chi connectivity index (χ3v) is 4.33. The number of carbonyl (C=O) groups is 4. The first-order valence-electron chi connectivity index (χ1n) is 8.55. The third-order valence-electron chi connectivity index (χ3n) is 4.33. The molecular weight excluding hydrogens is 340 g/mol. The van der Waals surface area contributed by atoms with E-state index in [1.165, 1.54) is 40.5 Å². The van der Waals surface area contributed by atoms with E-state index in [1.807, 2.05) is 0 Å². The molecule has 1 rings (SSSR count). The van der Waals surface area contributed by atoms with E-state index in [4.69, 9.17) is 0 Å². The molecule has 0 saturated heterocycles. The van der Waals surface area contributed by atoms with Gasteiger partial charge in [0, 0.05) is 12.4 Å². The van der Waals surface area contributed by atoms with Crippen molar-refractivity contribution in [1.82, 2.24) is 0 Å². The van der Waals surface area contributed by atoms with Crippen LogP contribution in [0.4, 0.5) is 0 Å². The van der Waals surface area contributed by atoms with Gasteiger partial charge in [-0.3, -0.25) is 29.2 Å². The summed E-state index contributed by atoms with van der Waals surface area (Å²) in [6.45, 7) is 2.61. The van der Waals surface area contributed by atoms with Gasteiger partial charge in [-0.1, -0.05) is 12.8 Å². The molecule has 4 atom stereocenters. The van der Waals surface area contributed by atoms with Crippen molar-refractivity contribution in [1.29, 1.82) is 0 Å². The van der Waals surface area contributed by atoms with Gasteiger partial charge in [0.1, 0.15) is 23.4 Å². The molecular formula is C18H26N2O6. The first-order valence-corrected chi connectivity index (χ1v) is 8.55. The minimum atomic E-state index is -1.04. The summed E-state index contributed by atoms with van der Waals surface area (Å²) in [5, 5.41) is 0. The molecule has 2 unspecified atom stereocenters. The molecule has 0 aromatic heterocycles. The molecule has 1 fully saturated rings. The largest absolute Gasteiger partial charge is 0.468 e. The van der Waals surface area contributed by atoms with Gasteiger partial charge in [0.15, 0.2) is 0 Å². The van der Waals surface area contributed by atoms with Gasteiger partial charge >= 0.3 is 11.9 Å². The highest BCUT2D eigenvalue weighted by atomic mass is 16.5. The van der Waals surface area contributed by atoms with Gasteiger partial charge < -0.3 is 9.47 Å². The summed E-state index contributed by atoms with van der Waals surface area (Å²) in [6.07, 6.45) is 6.01. The molecule has 0 amide bonds. The molecule has 144 valence electrons. The van der Waals surface area contributed by atoms with Crippen LogP contribution in [-0.4, -0.2) is 62.2 Å². The fraction of sp³-hybridized carbons (Fsp3) is 0.667. The summed E-state index contributed by atoms with van der Waals surface area (Å²) in [6, 6.07) is -0.450. The molecule has 1 aliphatic rings. The van der Waals surface area contributed by atoms with Gasteiger partial charge in [-0.15, -0.1) is 0 Å². The van der Waals surface area contributed by atoms with Crippen LogP contribution in [0, 0.1) is 11.8 Å². The highest BCUT2D eigenvalue weighted by Gasteiger charge is 2.28. The van der Waals surface area contributed by atoms with Crippen LogP contribution in [0.2, 0.25) is 0 Å². The Morgan fingerprint density at radius 2 is 1.15 bits per heavy atom. The fourth-order valence-corrected chi connectivity index (χ4v) is 2.75. The summed E-state index contributed by atoms with van der Waals surface area (Å²) < 4.78 is 9.23. The summed E-state index contributed by atoms with van der Waals surface area (Å²) in [5.74, 6) is -4.07. The zero-order valence-electron chi connectivity index (χ0n) is 15.6. The third kappa shape index (κ3) is 6.16. The van der Waals surface area contributed by atoms with Gasteiger partial charge in [-0.05, 0) is 26.7 Å². The standard InChI is InChI=1S/C18H26N2O6/c1-11(21)13(17(23)25-3)9-19-15-7-5-6-8-16(15)20-10-14(12(2)22)18(24)26-4/h9-10,13-16H,5-8H2,1-4H3/t13?,14?,15-,16-/m1/s1. The molecule has 0 aromatic rings. The second kappa shape index (κ2) is 10.6. The van der Waals surface area contributed by atoms with Crippen LogP contribution in [0.1, 0.15) is 39.5 Å². The number of ketones is 2. The lowest BCUT2D eigenvalue weighted by Crippen LogP contribution is -2.31. The molecule has 8 heteroatoms. The van der Waals surface area contributed by atoms with Crippen LogP contribution in [0.5, 0.6) is 0 Å². The number of rotatable bonds is 8. The second-order valence-corrected chi connectivity index (χ2v) is 6.24. The number of esters is 2. The monoisotopic (exact) mass is 366 g/mol. The number of methoxy groups -OCH3 is 2. The zero-order chi connectivity index (χ0) is 19.7. The SMILES string of the molecule is COC(=O)C(C=N[C@@H]1CCCC[C@H]1N=CC(C(C)=O)C(=O)OC)C(C)=O. The molecule has 0 heterocycles. The molecule has 0 aliphatic heterocycles. The zero-order valence-corrected chi connectivity index (χ0v) is 15.6. The van der Waals surface area contributed by atoms with E-state index in [2.05, 4.69) is 19.5 Å². The molecule has 0 spiro atoms. The highest BCUT2D eigenvalue weighted by Crippen LogP contribution is 2.24. The van der Waals surface area contributed by atoms with E-state index in [0.29, 0.717) is 0 Å². The van der Waals surface area contributed by atoms with E-state index in [9.17, 15) is 19.2 Å². The molecule has 0 bridgehead atoms. The van der Waals surface area contributed by atoms with E-state index in [0.717, 1.165) is 25.7 Å². The average Bonchev–Trinajstić information content (AvgIpc) is 2.61. The van der Waals surface area contributed by atoms with Crippen molar-refractivity contribution >= 4 is 35.9 Å². The molecule has 1 saturated carbocycles. The van der Waals surface area contributed by atoms with Crippen molar-refractivity contribution in [2.75, 3.05) is 14.2 Å². The number of nitrogens with zero attached hydrogens (tertiary/aromatic N) is 2. The number of hydrogen-bond donors (Lipinski definition) is 0. The van der Waals surface area contributed by atoms with E-state index >= 15 is 0 Å². The molecule has 8 nitrogen and oxygen atoms in total. The van der Waals surface area contributed by atoms with Crippen LogP contribution in [0.25, 0.3) is 0 Å². The summed E-state index contributed by atoms with van der Waals surface area (Å²) in [5.41, 5.74) is 0. The van der Waals surface area contributed by atoms with Crippen molar-refractivity contribution in [2.45, 2.75) is 51.6 Å². The van der Waals surface area contributed by atoms with Crippen LogP contribution in [0.3, 0.4) is 0 Å². The molecule has 0 N–H and O–H groups in total. The summed E-state index contributed by atoms with van der Waals surface area (Å²) in [4.78, 5) is 55.2. The van der Waals surface area contributed by atoms with Crippen LogP contribution < -0.4 is 0 Å². The summed E-state index contributed by atoms with van der Waals surface area (Å²) in [7, 11) is 2.43. The van der Waals surface area contributed by atoms with Crippen molar-refractivity contribution in [3.05, 3.63) is 0 Å². The van der Waals surface area contributed by atoms with Gasteiger partial charge in [-0.25, -0.2) is 0 Å². The quantitative estimate of drug-likeness (QED) is 0.362. The van der Waals surface area contributed by atoms with Gasteiger partial charge in [0.2, 0.25) is 0 Å². The number of hydrogen-bond acceptors (Lipinski definition) is 8. The van der Waals surface area contributed by atoms with Gasteiger partial charge in [-0.2, -0.15) is 0 Å². The van der Waals surface area contributed by atoms with E-state index in [-0.39, 0.29) is 23.7 Å². The minimum Gasteiger partial charge on any atom is -0.468 e. The van der Waals surface area contributed by atoms with Crippen LogP contribution in [-0.2, 0) is 28.7 Å². The number of ether oxygens (including phenoxy) is 2. The number of Topliss-reactive ketones (excluding diaryl/α,β-unsaturated/α-hetero) is 2. The van der Waals surface area contributed by atoms with Crippen molar-refractivity contribution < 1.29 is 28.7 Å². The Balaban J connectivity index is 2.92. The number of aliphatic imine (C=N–C) groups is 2. The average molecular weight is 366 g/mol. The fourth-order valence-electron chi connectivity index (χ4n) is 2.75. The van der Waals surface area contributed by atoms with Crippen LogP contribution >= 0.6 is 0 Å². The van der Waals surface area contributed by atoms with Gasteiger partial charge in [0.05, 0.1) is 26.3 Å². The van der Waals surface area contributed by atoms with Crippen LogP contribution in [0.15, 0.2) is 9.98 Å². The molecule has 0 radical (unpaired) electrons. The van der Waals surface area contributed by atoms with Crippen molar-refractivity contribution in [2.24, 2.45) is 21.8 Å². The maximum Gasteiger partial charge on any atom is 0.321 e. The predicted octanol–water partition coefficient (Wildman–Crippen LogP) is 1.20. The Hall–Kier alpha value is -2.38. The van der Waals surface area contributed by atoms with Crippen molar-refractivity contribution in [3.63, 3.8) is 0 Å². The Morgan fingerprint density at radius 3 is 1.42 bits per heavy atom. The maximum atomic E-state index is 11.7. The summed E-state index contributed by atoms with van der Waals surface area (Å²) >= 11 is 0. The minimum absolute atomic E-state index is 0.225. The Kier molecular flexibility index (Phi) is 8.81. The lowest BCUT2D eigenvalue weighted by molar-refractivity contribution is -0.147. The van der Waals surface area contributed by atoms with Gasteiger partial charge in [0.25, 0.3) is 0 Å². The van der Waals surface area contributed by atoms with E-state index < -0.39 is 23.8 Å². The first kappa shape index (κ1) is 21.7. The lowest BCUT2D eigenvalue weighted by Gasteiger charge is -2.26. The van der Waals surface area contributed by atoms with E-state index in [1.54, 1.807) is 0 Å². The van der Waals surface area contributed by atoms with Crippen molar-refractivity contribution in [3.8, 4) is 0 Å². The lowest BCUT2D eigenvalue weighted by atomic mass is 9.90. The topological polar surface area (TPSA) is 111 Å². The molecule has 0 aromatic carbocycles. The number of carbonyl (C=O) groups excluding carboxylic acids is 4. The smallest absolute Gasteiger partial charge is 0.321 e. The Morgan fingerprint density at radius 1 is 0.808 bits per heavy atom. The normalized spacial score (nSPS) is 22.8. The predicted molar refractivity (Wildman–Crippen MR) is 95.4 cm³/mol. The first-order chi connectivity index (χ1) is 12.3. The molecule has 26 heavy (non-hydrogen) atoms. The Bertz CT molecular complexity index is 546. The molecule has 1 aliphatic carbocycles. The maximum absolute atomic E-state index is 11.7. The second-order valence-electron chi connectivity index (χ2n) is 6.24.